The molecule has 1 rings (SSSR count). The Morgan fingerprint density at radius 3 is 2.00 bits per heavy atom. The summed E-state index contributed by atoms with van der Waals surface area (Å²) in [5, 5.41) is 0. The van der Waals surface area contributed by atoms with Gasteiger partial charge in [0.15, 0.2) is 0 Å². The Morgan fingerprint density at radius 1 is 1.12 bits per heavy atom. The molecule has 94 valence electrons. The Balaban J connectivity index is 0. The highest BCUT2D eigenvalue weighted by Gasteiger charge is 2.09. The Hall–Kier alpha value is -1.07. The van der Waals surface area contributed by atoms with E-state index in [4.69, 9.17) is 5.73 Å². The van der Waals surface area contributed by atoms with Crippen molar-refractivity contribution in [3.63, 3.8) is 0 Å². The molecule has 0 aromatic heterocycles. The first kappa shape index (κ1) is 17.3. The molecule has 0 atom stereocenters. The van der Waals surface area contributed by atoms with Crippen LogP contribution in [0.15, 0.2) is 29.2 Å². The summed E-state index contributed by atoms with van der Waals surface area (Å²) < 4.78 is 24.6. The standard InChI is InChI=1S/C7H10N2O2S.2C2H6/c1-9-12(10,11)7-4-2-3-6(8)5-7;2*1-2/h2-5,9H,8H2,1H3;2*1-2H3. The fraction of sp³-hybridized carbons (Fsp3) is 0.455. The van der Waals surface area contributed by atoms with E-state index in [2.05, 4.69) is 4.72 Å². The maximum Gasteiger partial charge on any atom is 0.240 e. The Kier molecular flexibility index (Phi) is 9.94. The SMILES string of the molecule is CC.CC.CNS(=O)(=O)c1cccc(N)c1. The van der Waals surface area contributed by atoms with E-state index in [9.17, 15) is 8.42 Å². The lowest BCUT2D eigenvalue weighted by Crippen LogP contribution is -2.18. The van der Waals surface area contributed by atoms with Gasteiger partial charge in [0, 0.05) is 5.69 Å². The van der Waals surface area contributed by atoms with Crippen molar-refractivity contribution in [2.75, 3.05) is 12.8 Å². The maximum atomic E-state index is 11.2. The van der Waals surface area contributed by atoms with Crippen LogP contribution in [0, 0.1) is 0 Å². The minimum Gasteiger partial charge on any atom is -0.399 e. The molecule has 3 N–H and O–H groups in total. The van der Waals surface area contributed by atoms with Crippen LogP contribution in [0.5, 0.6) is 0 Å². The van der Waals surface area contributed by atoms with Crippen LogP contribution in [0.3, 0.4) is 0 Å². The third-order valence-electron chi connectivity index (χ3n) is 1.44. The third-order valence-corrected chi connectivity index (χ3v) is 2.85. The number of sulfonamides is 1. The van der Waals surface area contributed by atoms with Gasteiger partial charge in [-0.1, -0.05) is 33.8 Å². The largest absolute Gasteiger partial charge is 0.399 e. The lowest BCUT2D eigenvalue weighted by atomic mass is 10.3. The predicted octanol–water partition coefficient (Wildman–Crippen LogP) is 2.23. The fourth-order valence-corrected chi connectivity index (χ4v) is 1.58. The van der Waals surface area contributed by atoms with E-state index in [1.807, 2.05) is 27.7 Å². The van der Waals surface area contributed by atoms with Gasteiger partial charge < -0.3 is 5.73 Å². The number of nitrogen functional groups attached to an aromatic ring is 1. The van der Waals surface area contributed by atoms with Crippen LogP contribution in [0.2, 0.25) is 0 Å². The van der Waals surface area contributed by atoms with Crippen molar-refractivity contribution in [2.45, 2.75) is 32.6 Å². The van der Waals surface area contributed by atoms with E-state index in [-0.39, 0.29) is 4.90 Å². The molecule has 16 heavy (non-hydrogen) atoms. The summed E-state index contributed by atoms with van der Waals surface area (Å²) in [5.41, 5.74) is 5.85. The van der Waals surface area contributed by atoms with Gasteiger partial charge in [0.2, 0.25) is 10.0 Å². The van der Waals surface area contributed by atoms with E-state index >= 15 is 0 Å². The summed E-state index contributed by atoms with van der Waals surface area (Å²) in [6.07, 6.45) is 0. The zero-order chi connectivity index (χ0) is 13.2. The van der Waals surface area contributed by atoms with Crippen molar-refractivity contribution in [1.29, 1.82) is 0 Å². The van der Waals surface area contributed by atoms with Crippen molar-refractivity contribution < 1.29 is 8.42 Å². The molecule has 0 aliphatic heterocycles. The lowest BCUT2D eigenvalue weighted by Gasteiger charge is -2.01. The molecule has 0 radical (unpaired) electrons. The molecule has 0 saturated heterocycles. The molecule has 0 fully saturated rings. The summed E-state index contributed by atoms with van der Waals surface area (Å²) in [6, 6.07) is 6.13. The summed E-state index contributed by atoms with van der Waals surface area (Å²) in [4.78, 5) is 0.185. The highest BCUT2D eigenvalue weighted by molar-refractivity contribution is 7.89. The van der Waals surface area contributed by atoms with Crippen LogP contribution in [-0.4, -0.2) is 15.5 Å². The molecule has 0 heterocycles. The Morgan fingerprint density at radius 2 is 1.62 bits per heavy atom. The quantitative estimate of drug-likeness (QED) is 0.786. The molecule has 0 aliphatic carbocycles. The molecule has 0 spiro atoms. The van der Waals surface area contributed by atoms with Crippen LogP contribution in [0.25, 0.3) is 0 Å². The number of hydrogen-bond donors (Lipinski definition) is 2. The Labute approximate surface area is 98.9 Å². The predicted molar refractivity (Wildman–Crippen MR) is 69.8 cm³/mol. The molecule has 0 amide bonds. The van der Waals surface area contributed by atoms with Crippen LogP contribution in [-0.2, 0) is 10.0 Å². The van der Waals surface area contributed by atoms with Crippen LogP contribution in [0.1, 0.15) is 27.7 Å². The van der Waals surface area contributed by atoms with Gasteiger partial charge in [0.25, 0.3) is 0 Å². The molecule has 0 aliphatic rings. The number of anilines is 1. The van der Waals surface area contributed by atoms with E-state index in [1.54, 1.807) is 12.1 Å². The summed E-state index contributed by atoms with van der Waals surface area (Å²) >= 11 is 0. The van der Waals surface area contributed by atoms with Gasteiger partial charge in [-0.15, -0.1) is 0 Å². The van der Waals surface area contributed by atoms with Crippen molar-refractivity contribution in [2.24, 2.45) is 0 Å². The second kappa shape index (κ2) is 9.18. The summed E-state index contributed by atoms with van der Waals surface area (Å²) in [7, 11) is -1.99. The fourth-order valence-electron chi connectivity index (χ4n) is 0.800. The third kappa shape index (κ3) is 5.72. The van der Waals surface area contributed by atoms with Crippen molar-refractivity contribution in [3.05, 3.63) is 24.3 Å². The molecule has 1 aromatic carbocycles. The number of nitrogens with two attached hydrogens (primary N) is 1. The van der Waals surface area contributed by atoms with E-state index in [0.717, 1.165) is 0 Å². The van der Waals surface area contributed by atoms with E-state index in [1.165, 1.54) is 19.2 Å². The molecule has 1 aromatic rings. The van der Waals surface area contributed by atoms with Gasteiger partial charge in [0.1, 0.15) is 0 Å². The molecule has 0 unspecified atom stereocenters. The smallest absolute Gasteiger partial charge is 0.240 e. The molecule has 0 saturated carbocycles. The summed E-state index contributed by atoms with van der Waals surface area (Å²) in [5.74, 6) is 0. The molecule has 5 heteroatoms. The average molecular weight is 246 g/mol. The normalized spacial score (nSPS) is 9.31. The van der Waals surface area contributed by atoms with E-state index < -0.39 is 10.0 Å². The monoisotopic (exact) mass is 246 g/mol. The molecular weight excluding hydrogens is 224 g/mol. The zero-order valence-electron chi connectivity index (χ0n) is 10.6. The van der Waals surface area contributed by atoms with Gasteiger partial charge in [-0.3, -0.25) is 0 Å². The van der Waals surface area contributed by atoms with Crippen molar-refractivity contribution in [3.8, 4) is 0 Å². The van der Waals surface area contributed by atoms with Gasteiger partial charge in [-0.25, -0.2) is 13.1 Å². The molecular formula is C11H22N2O2S. The zero-order valence-corrected chi connectivity index (χ0v) is 11.4. The maximum absolute atomic E-state index is 11.2. The molecule has 0 bridgehead atoms. The topological polar surface area (TPSA) is 72.2 Å². The van der Waals surface area contributed by atoms with Gasteiger partial charge >= 0.3 is 0 Å². The summed E-state index contributed by atoms with van der Waals surface area (Å²) in [6.45, 7) is 8.00. The van der Waals surface area contributed by atoms with Crippen LogP contribution in [0.4, 0.5) is 5.69 Å². The highest BCUT2D eigenvalue weighted by atomic mass is 32.2. The van der Waals surface area contributed by atoms with Gasteiger partial charge in [-0.2, -0.15) is 0 Å². The number of benzene rings is 1. The number of rotatable bonds is 2. The second-order valence-corrected chi connectivity index (χ2v) is 4.17. The van der Waals surface area contributed by atoms with Crippen molar-refractivity contribution >= 4 is 15.7 Å². The number of nitrogens with one attached hydrogen (secondary N) is 1. The number of hydrogen-bond acceptors (Lipinski definition) is 3. The first-order valence-corrected chi connectivity index (χ1v) is 6.83. The van der Waals surface area contributed by atoms with E-state index in [0.29, 0.717) is 5.69 Å². The first-order chi connectivity index (χ1) is 7.56. The lowest BCUT2D eigenvalue weighted by molar-refractivity contribution is 0.588. The molecule has 4 nitrogen and oxygen atoms in total. The van der Waals surface area contributed by atoms with Gasteiger partial charge in [-0.05, 0) is 25.2 Å². The minimum atomic E-state index is -3.35. The second-order valence-electron chi connectivity index (χ2n) is 2.28. The van der Waals surface area contributed by atoms with Crippen LogP contribution < -0.4 is 10.5 Å². The van der Waals surface area contributed by atoms with Crippen LogP contribution >= 0.6 is 0 Å². The van der Waals surface area contributed by atoms with Crippen molar-refractivity contribution in [1.82, 2.24) is 4.72 Å². The first-order valence-electron chi connectivity index (χ1n) is 5.35. The minimum absolute atomic E-state index is 0.185. The van der Waals surface area contributed by atoms with Gasteiger partial charge in [0.05, 0.1) is 4.90 Å². The Bertz CT molecular complexity index is 375. The average Bonchev–Trinajstić information content (AvgIpc) is 2.34. The highest BCUT2D eigenvalue weighted by Crippen LogP contribution is 2.11.